The summed E-state index contributed by atoms with van der Waals surface area (Å²) >= 11 is 0. The SMILES string of the molecule is Cc1cc(N2CCC(N(C)C(=O)C3CC3)CC2)nc(C(C)C)n1. The predicted octanol–water partition coefficient (Wildman–Crippen LogP) is 2.75. The molecule has 0 bridgehead atoms. The van der Waals surface area contributed by atoms with Crippen LogP contribution in [0.1, 0.15) is 57.0 Å². The summed E-state index contributed by atoms with van der Waals surface area (Å²) in [6.07, 6.45) is 4.21. The smallest absolute Gasteiger partial charge is 0.225 e. The standard InChI is InChI=1S/C18H28N4O/c1-12(2)17-19-13(3)11-16(20-17)22-9-7-15(8-10-22)21(4)18(23)14-5-6-14/h11-12,14-15H,5-10H2,1-4H3. The average Bonchev–Trinajstić information content (AvgIpc) is 3.38. The van der Waals surface area contributed by atoms with Gasteiger partial charge < -0.3 is 9.80 Å². The molecule has 1 aliphatic heterocycles. The largest absolute Gasteiger partial charge is 0.356 e. The van der Waals surface area contributed by atoms with E-state index in [4.69, 9.17) is 4.98 Å². The van der Waals surface area contributed by atoms with Gasteiger partial charge in [0, 0.05) is 49.8 Å². The summed E-state index contributed by atoms with van der Waals surface area (Å²) < 4.78 is 0. The molecule has 0 aromatic carbocycles. The lowest BCUT2D eigenvalue weighted by Gasteiger charge is -2.37. The van der Waals surface area contributed by atoms with Crippen LogP contribution in [0.5, 0.6) is 0 Å². The van der Waals surface area contributed by atoms with E-state index in [0.29, 0.717) is 23.8 Å². The Kier molecular flexibility index (Phi) is 4.55. The van der Waals surface area contributed by atoms with Crippen LogP contribution in [0.25, 0.3) is 0 Å². The number of piperidine rings is 1. The number of hydrogen-bond donors (Lipinski definition) is 0. The Hall–Kier alpha value is -1.65. The Labute approximate surface area is 139 Å². The minimum Gasteiger partial charge on any atom is -0.356 e. The van der Waals surface area contributed by atoms with Gasteiger partial charge in [0.05, 0.1) is 0 Å². The number of aromatic nitrogens is 2. The number of aryl methyl sites for hydroxylation is 1. The summed E-state index contributed by atoms with van der Waals surface area (Å²) in [5.41, 5.74) is 1.03. The maximum Gasteiger partial charge on any atom is 0.225 e. The van der Waals surface area contributed by atoms with Gasteiger partial charge in [0.15, 0.2) is 0 Å². The van der Waals surface area contributed by atoms with Crippen LogP contribution in [-0.2, 0) is 4.79 Å². The van der Waals surface area contributed by atoms with Crippen molar-refractivity contribution in [2.24, 2.45) is 5.92 Å². The molecule has 2 aliphatic rings. The number of amides is 1. The van der Waals surface area contributed by atoms with Gasteiger partial charge in [0.1, 0.15) is 11.6 Å². The molecule has 0 unspecified atom stereocenters. The van der Waals surface area contributed by atoms with E-state index in [1.165, 1.54) is 0 Å². The third kappa shape index (κ3) is 3.65. The fraction of sp³-hybridized carbons (Fsp3) is 0.722. The summed E-state index contributed by atoms with van der Waals surface area (Å²) in [6.45, 7) is 8.21. The minimum absolute atomic E-state index is 0.316. The number of nitrogens with zero attached hydrogens (tertiary/aromatic N) is 4. The zero-order valence-electron chi connectivity index (χ0n) is 14.7. The molecule has 2 heterocycles. The second-order valence-electron chi connectivity index (χ2n) is 7.32. The zero-order chi connectivity index (χ0) is 16.6. The molecule has 1 saturated heterocycles. The molecule has 1 saturated carbocycles. The van der Waals surface area contributed by atoms with Crippen LogP contribution < -0.4 is 4.90 Å². The van der Waals surface area contributed by atoms with Crippen LogP contribution in [0.15, 0.2) is 6.07 Å². The van der Waals surface area contributed by atoms with Crippen LogP contribution in [0.4, 0.5) is 5.82 Å². The van der Waals surface area contributed by atoms with Crippen LogP contribution in [0.3, 0.4) is 0 Å². The Bertz CT molecular complexity index is 574. The maximum atomic E-state index is 12.2. The summed E-state index contributed by atoms with van der Waals surface area (Å²) in [5.74, 6) is 2.96. The van der Waals surface area contributed by atoms with Gasteiger partial charge in [-0.15, -0.1) is 0 Å². The van der Waals surface area contributed by atoms with Gasteiger partial charge in [-0.3, -0.25) is 4.79 Å². The van der Waals surface area contributed by atoms with E-state index in [2.05, 4.69) is 29.8 Å². The van der Waals surface area contributed by atoms with E-state index in [-0.39, 0.29) is 0 Å². The van der Waals surface area contributed by atoms with Crippen molar-refractivity contribution in [1.29, 1.82) is 0 Å². The molecule has 0 atom stereocenters. The third-order valence-electron chi connectivity index (χ3n) is 4.98. The zero-order valence-corrected chi connectivity index (χ0v) is 14.7. The van der Waals surface area contributed by atoms with Crippen molar-refractivity contribution < 1.29 is 4.79 Å². The van der Waals surface area contributed by atoms with Gasteiger partial charge in [-0.1, -0.05) is 13.8 Å². The summed E-state index contributed by atoms with van der Waals surface area (Å²) in [5, 5.41) is 0. The van der Waals surface area contributed by atoms with Gasteiger partial charge >= 0.3 is 0 Å². The van der Waals surface area contributed by atoms with Crippen molar-refractivity contribution in [1.82, 2.24) is 14.9 Å². The van der Waals surface area contributed by atoms with Crippen molar-refractivity contribution >= 4 is 11.7 Å². The van der Waals surface area contributed by atoms with Crippen LogP contribution in [-0.4, -0.2) is 47.0 Å². The van der Waals surface area contributed by atoms with Gasteiger partial charge in [-0.25, -0.2) is 9.97 Å². The molecule has 1 aliphatic carbocycles. The molecule has 2 fully saturated rings. The number of hydrogen-bond acceptors (Lipinski definition) is 4. The Balaban J connectivity index is 1.63. The van der Waals surface area contributed by atoms with Crippen molar-refractivity contribution in [2.75, 3.05) is 25.0 Å². The lowest BCUT2D eigenvalue weighted by molar-refractivity contribution is -0.133. The molecule has 0 N–H and O–H groups in total. The molecule has 1 amide bonds. The number of carbonyl (C=O) groups excluding carboxylic acids is 1. The van der Waals surface area contributed by atoms with E-state index < -0.39 is 0 Å². The van der Waals surface area contributed by atoms with Crippen molar-refractivity contribution in [3.63, 3.8) is 0 Å². The number of rotatable bonds is 4. The predicted molar refractivity (Wildman–Crippen MR) is 91.6 cm³/mol. The second kappa shape index (κ2) is 6.46. The first-order valence-electron chi connectivity index (χ1n) is 8.83. The molecule has 1 aromatic heterocycles. The van der Waals surface area contributed by atoms with E-state index in [9.17, 15) is 4.79 Å². The normalized spacial score (nSPS) is 19.3. The highest BCUT2D eigenvalue weighted by Gasteiger charge is 2.35. The summed E-state index contributed by atoms with van der Waals surface area (Å²) in [4.78, 5) is 25.8. The number of anilines is 1. The Morgan fingerprint density at radius 2 is 1.87 bits per heavy atom. The second-order valence-corrected chi connectivity index (χ2v) is 7.32. The quantitative estimate of drug-likeness (QED) is 0.857. The molecule has 0 spiro atoms. The van der Waals surface area contributed by atoms with E-state index in [1.807, 2.05) is 18.9 Å². The molecular weight excluding hydrogens is 288 g/mol. The molecule has 1 aromatic rings. The summed E-state index contributed by atoms with van der Waals surface area (Å²) in [6, 6.07) is 2.46. The molecule has 0 radical (unpaired) electrons. The van der Waals surface area contributed by atoms with Crippen LogP contribution >= 0.6 is 0 Å². The molecule has 5 heteroatoms. The fourth-order valence-corrected chi connectivity index (χ4v) is 3.28. The van der Waals surface area contributed by atoms with Crippen molar-refractivity contribution in [3.8, 4) is 0 Å². The van der Waals surface area contributed by atoms with Crippen LogP contribution in [0, 0.1) is 12.8 Å². The highest BCUT2D eigenvalue weighted by atomic mass is 16.2. The fourth-order valence-electron chi connectivity index (χ4n) is 3.28. The average molecular weight is 316 g/mol. The molecule has 5 nitrogen and oxygen atoms in total. The minimum atomic E-state index is 0.316. The van der Waals surface area contributed by atoms with Crippen molar-refractivity contribution in [3.05, 3.63) is 17.6 Å². The first-order chi connectivity index (χ1) is 11.0. The first-order valence-corrected chi connectivity index (χ1v) is 8.83. The van der Waals surface area contributed by atoms with E-state index in [1.54, 1.807) is 0 Å². The first kappa shape index (κ1) is 16.2. The maximum absolute atomic E-state index is 12.2. The molecular formula is C18H28N4O. The van der Waals surface area contributed by atoms with E-state index in [0.717, 1.165) is 56.1 Å². The lowest BCUT2D eigenvalue weighted by Crippen LogP contribution is -2.46. The third-order valence-corrected chi connectivity index (χ3v) is 4.98. The number of carbonyl (C=O) groups is 1. The van der Waals surface area contributed by atoms with Gasteiger partial charge in [-0.05, 0) is 32.6 Å². The van der Waals surface area contributed by atoms with Gasteiger partial charge in [0.2, 0.25) is 5.91 Å². The molecule has 23 heavy (non-hydrogen) atoms. The van der Waals surface area contributed by atoms with Gasteiger partial charge in [0.25, 0.3) is 0 Å². The Morgan fingerprint density at radius 3 is 2.43 bits per heavy atom. The van der Waals surface area contributed by atoms with Crippen molar-refractivity contribution in [2.45, 2.75) is 58.4 Å². The molecule has 126 valence electrons. The topological polar surface area (TPSA) is 49.3 Å². The van der Waals surface area contributed by atoms with Gasteiger partial charge in [-0.2, -0.15) is 0 Å². The van der Waals surface area contributed by atoms with Crippen LogP contribution in [0.2, 0.25) is 0 Å². The monoisotopic (exact) mass is 316 g/mol. The lowest BCUT2D eigenvalue weighted by atomic mass is 10.0. The molecule has 3 rings (SSSR count). The summed E-state index contributed by atoms with van der Waals surface area (Å²) in [7, 11) is 1.98. The highest BCUT2D eigenvalue weighted by molar-refractivity contribution is 5.81. The highest BCUT2D eigenvalue weighted by Crippen LogP contribution is 2.32. The van der Waals surface area contributed by atoms with E-state index >= 15 is 0 Å². The Morgan fingerprint density at radius 1 is 1.22 bits per heavy atom.